The number of rotatable bonds is 22. The Balaban J connectivity index is 3.39. The largest absolute Gasteiger partial charge is 0.488 e. The van der Waals surface area contributed by atoms with Crippen LogP contribution in [-0.4, -0.2) is 95.2 Å². The maximum Gasteiger partial charge on any atom is 0.329 e. The predicted molar refractivity (Wildman–Crippen MR) is 209 cm³/mol. The molecule has 0 aromatic heterocycles. The number of carbonyl (C=O) groups excluding carboxylic acids is 7. The average Bonchev–Trinajstić information content (AvgIpc) is 3.10. The summed E-state index contributed by atoms with van der Waals surface area (Å²) in [6.45, 7) is 19.0. The van der Waals surface area contributed by atoms with Gasteiger partial charge in [0.2, 0.25) is 29.5 Å². The number of Topliss-reactive ketones (excluding diaryl/α,β-unsaturated/α-hetero) is 1. The first-order valence-corrected chi connectivity index (χ1v) is 19.1. The van der Waals surface area contributed by atoms with E-state index in [1.165, 1.54) is 25.8 Å². The normalized spacial score (nSPS) is 15.9. The van der Waals surface area contributed by atoms with Crippen molar-refractivity contribution in [3.63, 3.8) is 0 Å². The van der Waals surface area contributed by atoms with Crippen molar-refractivity contribution in [2.45, 2.75) is 150 Å². The summed E-state index contributed by atoms with van der Waals surface area (Å²) in [4.78, 5) is 92.9. The van der Waals surface area contributed by atoms with Gasteiger partial charge >= 0.3 is 5.97 Å². The van der Waals surface area contributed by atoms with Crippen LogP contribution >= 0.6 is 0 Å². The van der Waals surface area contributed by atoms with Crippen molar-refractivity contribution in [1.29, 1.82) is 0 Å². The molecule has 310 valence electrons. The number of nitrogens with zero attached hydrogens (tertiary/aromatic N) is 1. The molecular formula is C40H66N6O9. The predicted octanol–water partition coefficient (Wildman–Crippen LogP) is 2.55. The van der Waals surface area contributed by atoms with E-state index in [2.05, 4.69) is 16.0 Å². The minimum absolute atomic E-state index is 0.0957. The lowest BCUT2D eigenvalue weighted by atomic mass is 9.95. The molecule has 0 radical (unpaired) electrons. The van der Waals surface area contributed by atoms with Crippen LogP contribution < -0.4 is 32.2 Å². The highest BCUT2D eigenvalue weighted by molar-refractivity contribution is 5.94. The van der Waals surface area contributed by atoms with Crippen molar-refractivity contribution < 1.29 is 43.0 Å². The van der Waals surface area contributed by atoms with Crippen molar-refractivity contribution in [3.8, 4) is 5.75 Å². The lowest BCUT2D eigenvalue weighted by Gasteiger charge is -2.33. The number of nitrogens with two attached hydrogens (primary N) is 2. The van der Waals surface area contributed by atoms with Crippen molar-refractivity contribution >= 4 is 41.3 Å². The summed E-state index contributed by atoms with van der Waals surface area (Å²) in [5.41, 5.74) is 11.9. The van der Waals surface area contributed by atoms with Gasteiger partial charge in [-0.3, -0.25) is 28.8 Å². The Morgan fingerprint density at radius 3 is 1.82 bits per heavy atom. The van der Waals surface area contributed by atoms with Crippen molar-refractivity contribution in [1.82, 2.24) is 20.9 Å². The zero-order chi connectivity index (χ0) is 42.4. The van der Waals surface area contributed by atoms with Crippen LogP contribution in [-0.2, 0) is 44.7 Å². The van der Waals surface area contributed by atoms with Gasteiger partial charge in [0.15, 0.2) is 5.78 Å². The maximum absolute atomic E-state index is 14.2. The zero-order valence-electron chi connectivity index (χ0n) is 34.8. The lowest BCUT2D eigenvalue weighted by molar-refractivity contribution is -0.157. The molecule has 0 unspecified atom stereocenters. The number of amides is 5. The highest BCUT2D eigenvalue weighted by Gasteiger charge is 2.38. The topological polar surface area (TPSA) is 229 Å². The molecule has 0 saturated heterocycles. The van der Waals surface area contributed by atoms with Crippen LogP contribution in [0.15, 0.2) is 24.3 Å². The van der Waals surface area contributed by atoms with Crippen LogP contribution in [0.4, 0.5) is 0 Å². The fraction of sp³-hybridized carbons (Fsp3) is 0.675. The Kier molecular flexibility index (Phi) is 19.5. The molecule has 15 nitrogen and oxygen atoms in total. The number of esters is 1. The van der Waals surface area contributed by atoms with E-state index < -0.39 is 95.0 Å². The summed E-state index contributed by atoms with van der Waals surface area (Å²) in [5.74, 6) is -4.79. The number of carbonyl (C=O) groups is 7. The van der Waals surface area contributed by atoms with Gasteiger partial charge in [0.1, 0.15) is 41.6 Å². The smallest absolute Gasteiger partial charge is 0.329 e. The summed E-state index contributed by atoms with van der Waals surface area (Å²) in [6.07, 6.45) is -0.336. The SMILES string of the molecule is CC[C@H](C)[C@H](N)C(=O)N(C)[C@@H](Cc1ccc(OC(C)(C)C)cc1)C(=O)N[C@H](C(=O)O[C@H](C)[C@H](NC(=O)[C@H](CCC(N)=O)NC(=O)C(C)C)C(C)=O)[C@@H](C)CC. The van der Waals surface area contributed by atoms with Gasteiger partial charge in [0.05, 0.1) is 6.04 Å². The molecule has 1 rings (SSSR count). The average molecular weight is 775 g/mol. The molecule has 0 fully saturated rings. The van der Waals surface area contributed by atoms with Gasteiger partial charge in [-0.2, -0.15) is 0 Å². The molecule has 0 aliphatic heterocycles. The molecule has 0 spiro atoms. The molecule has 15 heteroatoms. The van der Waals surface area contributed by atoms with E-state index in [9.17, 15) is 33.6 Å². The molecule has 0 heterocycles. The Morgan fingerprint density at radius 1 is 0.800 bits per heavy atom. The van der Waals surface area contributed by atoms with Gasteiger partial charge in [-0.05, 0) is 70.6 Å². The highest BCUT2D eigenvalue weighted by Crippen LogP contribution is 2.21. The highest BCUT2D eigenvalue weighted by atomic mass is 16.5. The van der Waals surface area contributed by atoms with Gasteiger partial charge in [-0.15, -0.1) is 0 Å². The van der Waals surface area contributed by atoms with E-state index in [4.69, 9.17) is 20.9 Å². The Labute approximate surface area is 326 Å². The van der Waals surface area contributed by atoms with E-state index >= 15 is 0 Å². The van der Waals surface area contributed by atoms with Crippen LogP contribution in [0, 0.1) is 17.8 Å². The summed E-state index contributed by atoms with van der Waals surface area (Å²) in [6, 6.07) is 1.52. The monoisotopic (exact) mass is 774 g/mol. The first-order valence-electron chi connectivity index (χ1n) is 19.1. The van der Waals surface area contributed by atoms with E-state index in [1.54, 1.807) is 45.0 Å². The quantitative estimate of drug-likeness (QED) is 0.108. The van der Waals surface area contributed by atoms with Crippen molar-refractivity contribution in [2.24, 2.45) is 29.2 Å². The third kappa shape index (κ3) is 16.0. The molecule has 0 saturated carbocycles. The van der Waals surface area contributed by atoms with Crippen LogP contribution in [0.3, 0.4) is 0 Å². The van der Waals surface area contributed by atoms with Gasteiger partial charge in [0.25, 0.3) is 0 Å². The number of hydrogen-bond acceptors (Lipinski definition) is 10. The summed E-state index contributed by atoms with van der Waals surface area (Å²) in [7, 11) is 1.50. The van der Waals surface area contributed by atoms with Gasteiger partial charge in [-0.25, -0.2) is 4.79 Å². The molecule has 5 amide bonds. The fourth-order valence-corrected chi connectivity index (χ4v) is 5.50. The first kappa shape index (κ1) is 48.5. The molecular weight excluding hydrogens is 708 g/mol. The van der Waals surface area contributed by atoms with Gasteiger partial charge < -0.3 is 41.8 Å². The molecule has 1 aromatic rings. The van der Waals surface area contributed by atoms with E-state index in [-0.39, 0.29) is 25.2 Å². The van der Waals surface area contributed by atoms with Crippen molar-refractivity contribution in [2.75, 3.05) is 7.05 Å². The molecule has 0 aliphatic carbocycles. The molecule has 1 aromatic carbocycles. The molecule has 0 aliphatic rings. The zero-order valence-corrected chi connectivity index (χ0v) is 34.8. The Bertz CT molecular complexity index is 1480. The molecule has 0 bridgehead atoms. The number of nitrogens with one attached hydrogen (secondary N) is 3. The number of ether oxygens (including phenoxy) is 2. The molecule has 55 heavy (non-hydrogen) atoms. The number of likely N-dealkylation sites (N-methyl/N-ethyl adjacent to an activating group) is 1. The van der Waals surface area contributed by atoms with E-state index in [0.29, 0.717) is 18.6 Å². The van der Waals surface area contributed by atoms with Crippen LogP contribution in [0.2, 0.25) is 0 Å². The second-order valence-corrected chi connectivity index (χ2v) is 15.8. The van der Waals surface area contributed by atoms with Crippen LogP contribution in [0.5, 0.6) is 5.75 Å². The van der Waals surface area contributed by atoms with Gasteiger partial charge in [0, 0.05) is 25.8 Å². The minimum Gasteiger partial charge on any atom is -0.488 e. The third-order valence-electron chi connectivity index (χ3n) is 9.55. The van der Waals surface area contributed by atoms with E-state index in [0.717, 1.165) is 5.56 Å². The summed E-state index contributed by atoms with van der Waals surface area (Å²) >= 11 is 0. The number of hydrogen-bond donors (Lipinski definition) is 5. The number of ketones is 1. The number of primary amides is 1. The Hall–Kier alpha value is -4.53. The van der Waals surface area contributed by atoms with Crippen LogP contribution in [0.25, 0.3) is 0 Å². The van der Waals surface area contributed by atoms with Gasteiger partial charge in [-0.1, -0.05) is 66.5 Å². The van der Waals surface area contributed by atoms with Crippen molar-refractivity contribution in [3.05, 3.63) is 29.8 Å². The molecule has 8 atom stereocenters. The first-order chi connectivity index (χ1) is 25.4. The number of benzene rings is 1. The second kappa shape index (κ2) is 22.1. The second-order valence-electron chi connectivity index (χ2n) is 15.8. The van der Waals surface area contributed by atoms with Crippen LogP contribution in [0.1, 0.15) is 107 Å². The fourth-order valence-electron chi connectivity index (χ4n) is 5.50. The standard InChI is InChI=1S/C40H66N6O9/c1-13-23(5)32(42)38(52)46(12)30(21-27-15-17-28(18-16-27)55-40(9,10)11)37(51)44-33(24(6)14-2)39(53)54-26(8)34(25(7)47)45-36(50)29(19-20-31(41)48)43-35(49)22(3)4/h15-18,22-24,26,29-30,32-34H,13-14,19-21,42H2,1-12H3,(H2,41,48)(H,43,49)(H,44,51)(H,45,50)/t23-,24-,26+,29-,30-,32-,33-,34+/m0/s1. The minimum atomic E-state index is -1.33. The van der Waals surface area contributed by atoms with E-state index in [1.807, 2.05) is 41.5 Å². The summed E-state index contributed by atoms with van der Waals surface area (Å²) in [5, 5.41) is 7.91. The summed E-state index contributed by atoms with van der Waals surface area (Å²) < 4.78 is 11.7. The lowest BCUT2D eigenvalue weighted by Crippen LogP contribution is -2.58. The third-order valence-corrected chi connectivity index (χ3v) is 9.55. The molecule has 7 N–H and O–H groups in total. The Morgan fingerprint density at radius 2 is 1.35 bits per heavy atom. The maximum atomic E-state index is 14.2.